The third-order valence-corrected chi connectivity index (χ3v) is 4.26. The number of nitrogens with one attached hydrogen (secondary N) is 1. The zero-order valence-electron chi connectivity index (χ0n) is 10.4. The predicted molar refractivity (Wildman–Crippen MR) is 67.6 cm³/mol. The van der Waals surface area contributed by atoms with Gasteiger partial charge >= 0.3 is 0 Å². The Morgan fingerprint density at radius 1 is 1.40 bits per heavy atom. The number of thiazole rings is 1. The minimum atomic E-state index is 0.556. The van der Waals surface area contributed by atoms with Crippen molar-refractivity contribution >= 4 is 11.3 Å². The Kier molecular flexibility index (Phi) is 4.74. The van der Waals surface area contributed by atoms with Crippen LogP contribution in [0.3, 0.4) is 0 Å². The molecule has 1 aromatic rings. The molecule has 0 saturated heterocycles. The third kappa shape index (κ3) is 3.28. The summed E-state index contributed by atoms with van der Waals surface area (Å²) < 4.78 is 0. The summed E-state index contributed by atoms with van der Waals surface area (Å²) in [5.74, 6) is 0.708. The van der Waals surface area contributed by atoms with E-state index in [9.17, 15) is 0 Å². The fourth-order valence-electron chi connectivity index (χ4n) is 1.69. The summed E-state index contributed by atoms with van der Waals surface area (Å²) in [7, 11) is 2.05. The summed E-state index contributed by atoms with van der Waals surface area (Å²) in [6, 6.07) is 0.556. The van der Waals surface area contributed by atoms with E-state index in [-0.39, 0.29) is 0 Å². The molecule has 0 bridgehead atoms. The highest BCUT2D eigenvalue weighted by atomic mass is 32.1. The largest absolute Gasteiger partial charge is 0.316 e. The molecule has 3 heteroatoms. The van der Waals surface area contributed by atoms with Crippen molar-refractivity contribution in [2.45, 2.75) is 46.6 Å². The number of aromatic nitrogens is 1. The van der Waals surface area contributed by atoms with Crippen LogP contribution in [-0.2, 0) is 6.42 Å². The topological polar surface area (TPSA) is 24.9 Å². The maximum absolute atomic E-state index is 4.59. The fraction of sp³-hybridized carbons (Fsp3) is 0.750. The van der Waals surface area contributed by atoms with Crippen LogP contribution in [0, 0.1) is 19.8 Å². The molecule has 1 heterocycles. The molecule has 1 rings (SSSR count). The molecule has 0 radical (unpaired) electrons. The predicted octanol–water partition coefficient (Wildman–Crippen LogP) is 2.94. The van der Waals surface area contributed by atoms with Crippen LogP contribution in [0.5, 0.6) is 0 Å². The first-order valence-corrected chi connectivity index (χ1v) is 6.50. The highest BCUT2D eigenvalue weighted by Crippen LogP contribution is 2.20. The Labute approximate surface area is 97.1 Å². The second-order valence-corrected chi connectivity index (χ2v) is 5.52. The van der Waals surface area contributed by atoms with Gasteiger partial charge in [0.05, 0.1) is 10.7 Å². The van der Waals surface area contributed by atoms with E-state index in [1.54, 1.807) is 0 Å². The van der Waals surface area contributed by atoms with Gasteiger partial charge in [-0.15, -0.1) is 11.3 Å². The zero-order valence-corrected chi connectivity index (χ0v) is 11.2. The molecule has 2 unspecified atom stereocenters. The van der Waals surface area contributed by atoms with Crippen LogP contribution in [-0.4, -0.2) is 18.1 Å². The lowest BCUT2D eigenvalue weighted by atomic mass is 9.97. The van der Waals surface area contributed by atoms with Crippen LogP contribution in [0.15, 0.2) is 0 Å². The molecule has 0 saturated carbocycles. The van der Waals surface area contributed by atoms with E-state index in [0.29, 0.717) is 12.0 Å². The number of nitrogens with zero attached hydrogens (tertiary/aromatic N) is 1. The summed E-state index contributed by atoms with van der Waals surface area (Å²) in [4.78, 5) is 5.94. The summed E-state index contributed by atoms with van der Waals surface area (Å²) >= 11 is 1.83. The van der Waals surface area contributed by atoms with Crippen molar-refractivity contribution < 1.29 is 0 Å². The first-order valence-electron chi connectivity index (χ1n) is 5.68. The van der Waals surface area contributed by atoms with E-state index in [1.807, 2.05) is 18.4 Å². The van der Waals surface area contributed by atoms with E-state index >= 15 is 0 Å². The normalized spacial score (nSPS) is 15.3. The molecule has 0 aliphatic carbocycles. The van der Waals surface area contributed by atoms with Gasteiger partial charge in [-0.3, -0.25) is 0 Å². The molecule has 0 aliphatic rings. The smallest absolute Gasteiger partial charge is 0.0946 e. The molecule has 86 valence electrons. The number of likely N-dealkylation sites (N-methyl/N-ethyl adjacent to an activating group) is 1. The Morgan fingerprint density at radius 2 is 2.07 bits per heavy atom. The van der Waals surface area contributed by atoms with E-state index in [0.717, 1.165) is 6.42 Å². The van der Waals surface area contributed by atoms with Crippen LogP contribution in [0.4, 0.5) is 0 Å². The molecule has 1 aromatic heterocycles. The molecule has 0 aliphatic heterocycles. The van der Waals surface area contributed by atoms with Crippen LogP contribution in [0.2, 0.25) is 0 Å². The Bertz CT molecular complexity index is 287. The summed E-state index contributed by atoms with van der Waals surface area (Å²) in [5, 5.41) is 4.66. The van der Waals surface area contributed by atoms with E-state index in [1.165, 1.54) is 22.0 Å². The first kappa shape index (κ1) is 12.7. The monoisotopic (exact) mass is 226 g/mol. The van der Waals surface area contributed by atoms with Crippen molar-refractivity contribution in [3.05, 3.63) is 15.6 Å². The third-order valence-electron chi connectivity index (χ3n) is 3.17. The average Bonchev–Trinajstić information content (AvgIpc) is 2.53. The number of hydrogen-bond acceptors (Lipinski definition) is 3. The second-order valence-electron chi connectivity index (χ2n) is 4.23. The van der Waals surface area contributed by atoms with Crippen molar-refractivity contribution in [2.24, 2.45) is 5.92 Å². The van der Waals surface area contributed by atoms with Gasteiger partial charge in [0.1, 0.15) is 0 Å². The summed E-state index contributed by atoms with van der Waals surface area (Å²) in [5.41, 5.74) is 1.19. The lowest BCUT2D eigenvalue weighted by Crippen LogP contribution is -2.33. The quantitative estimate of drug-likeness (QED) is 0.835. The minimum absolute atomic E-state index is 0.556. The van der Waals surface area contributed by atoms with Crippen LogP contribution < -0.4 is 5.32 Å². The van der Waals surface area contributed by atoms with Crippen LogP contribution in [0.25, 0.3) is 0 Å². The van der Waals surface area contributed by atoms with E-state index in [4.69, 9.17) is 0 Å². The van der Waals surface area contributed by atoms with E-state index < -0.39 is 0 Å². The maximum atomic E-state index is 4.59. The Morgan fingerprint density at radius 3 is 2.47 bits per heavy atom. The molecule has 2 atom stereocenters. The van der Waals surface area contributed by atoms with Crippen molar-refractivity contribution in [2.75, 3.05) is 7.05 Å². The standard InChI is InChI=1S/C12H22N2S/c1-6-8(2)11(13-5)7-12-14-9(3)10(4)15-12/h8,11,13H,6-7H2,1-5H3. The molecule has 15 heavy (non-hydrogen) atoms. The highest BCUT2D eigenvalue weighted by molar-refractivity contribution is 7.11. The Balaban J connectivity index is 2.66. The lowest BCUT2D eigenvalue weighted by Gasteiger charge is -2.21. The first-order chi connectivity index (χ1) is 7.08. The number of rotatable bonds is 5. The molecule has 2 nitrogen and oxygen atoms in total. The highest BCUT2D eigenvalue weighted by Gasteiger charge is 2.16. The van der Waals surface area contributed by atoms with Crippen LogP contribution >= 0.6 is 11.3 Å². The SMILES string of the molecule is CCC(C)C(Cc1nc(C)c(C)s1)NC. The number of hydrogen-bond donors (Lipinski definition) is 1. The average molecular weight is 226 g/mol. The van der Waals surface area contributed by atoms with Gasteiger partial charge < -0.3 is 5.32 Å². The number of aryl methyl sites for hydroxylation is 2. The molecule has 0 amide bonds. The second kappa shape index (κ2) is 5.61. The van der Waals surface area contributed by atoms with Gasteiger partial charge in [0.2, 0.25) is 0 Å². The van der Waals surface area contributed by atoms with Gasteiger partial charge in [0.25, 0.3) is 0 Å². The Hall–Kier alpha value is -0.410. The molecule has 0 spiro atoms. The van der Waals surface area contributed by atoms with Gasteiger partial charge in [0.15, 0.2) is 0 Å². The van der Waals surface area contributed by atoms with Crippen LogP contribution in [0.1, 0.15) is 35.8 Å². The van der Waals surface area contributed by atoms with Gasteiger partial charge in [-0.2, -0.15) is 0 Å². The van der Waals surface area contributed by atoms with Gasteiger partial charge in [0, 0.05) is 17.3 Å². The van der Waals surface area contributed by atoms with Gasteiger partial charge in [-0.1, -0.05) is 20.3 Å². The summed E-state index contributed by atoms with van der Waals surface area (Å²) in [6.07, 6.45) is 2.28. The fourth-order valence-corrected chi connectivity index (χ4v) is 2.68. The molecule has 0 aromatic carbocycles. The minimum Gasteiger partial charge on any atom is -0.316 e. The molecular formula is C12H22N2S. The van der Waals surface area contributed by atoms with Gasteiger partial charge in [-0.05, 0) is 26.8 Å². The van der Waals surface area contributed by atoms with Crippen molar-refractivity contribution in [1.82, 2.24) is 10.3 Å². The lowest BCUT2D eigenvalue weighted by molar-refractivity contribution is 0.386. The summed E-state index contributed by atoms with van der Waals surface area (Å²) in [6.45, 7) is 8.78. The van der Waals surface area contributed by atoms with Crippen molar-refractivity contribution in [3.63, 3.8) is 0 Å². The zero-order chi connectivity index (χ0) is 11.4. The van der Waals surface area contributed by atoms with Crippen molar-refractivity contribution in [3.8, 4) is 0 Å². The molecular weight excluding hydrogens is 204 g/mol. The maximum Gasteiger partial charge on any atom is 0.0946 e. The van der Waals surface area contributed by atoms with E-state index in [2.05, 4.69) is 38.0 Å². The van der Waals surface area contributed by atoms with Gasteiger partial charge in [-0.25, -0.2) is 4.98 Å². The van der Waals surface area contributed by atoms with Crippen molar-refractivity contribution in [1.29, 1.82) is 0 Å². The molecule has 1 N–H and O–H groups in total. The molecule has 0 fully saturated rings.